The van der Waals surface area contributed by atoms with Gasteiger partial charge >= 0.3 is 0 Å². The predicted octanol–water partition coefficient (Wildman–Crippen LogP) is 3.78. The molecule has 0 unspecified atom stereocenters. The van der Waals surface area contributed by atoms with Gasteiger partial charge in [0, 0.05) is 18.5 Å². The summed E-state index contributed by atoms with van der Waals surface area (Å²) >= 11 is 0. The van der Waals surface area contributed by atoms with E-state index in [-0.39, 0.29) is 17.4 Å². The van der Waals surface area contributed by atoms with Gasteiger partial charge in [-0.3, -0.25) is 9.59 Å². The molecule has 2 heterocycles. The Bertz CT molecular complexity index is 1120. The summed E-state index contributed by atoms with van der Waals surface area (Å²) in [5.74, 6) is 0.0174. The molecule has 0 aliphatic carbocycles. The molecular formula is C27H32N2O5. The number of Topliss-reactive ketones (excluding diaryl/α,β-unsaturated/α-hetero) is 1. The average Bonchev–Trinajstić information content (AvgIpc) is 3.29. The van der Waals surface area contributed by atoms with Gasteiger partial charge in [-0.1, -0.05) is 12.1 Å². The number of ketones is 1. The van der Waals surface area contributed by atoms with Crippen molar-refractivity contribution in [3.05, 3.63) is 64.7 Å². The summed E-state index contributed by atoms with van der Waals surface area (Å²) in [6, 6.07) is 12.1. The molecule has 2 aromatic carbocycles. The van der Waals surface area contributed by atoms with Crippen LogP contribution in [0.15, 0.2) is 48.0 Å². The first-order chi connectivity index (χ1) is 16.3. The van der Waals surface area contributed by atoms with Crippen LogP contribution in [0.3, 0.4) is 0 Å². The number of aliphatic hydroxyl groups is 1. The van der Waals surface area contributed by atoms with Crippen LogP contribution in [0.4, 0.5) is 0 Å². The number of carbonyl (C=O) groups excluding carboxylic acids is 2. The van der Waals surface area contributed by atoms with Gasteiger partial charge < -0.3 is 24.4 Å². The Morgan fingerprint density at radius 3 is 2.74 bits per heavy atom. The van der Waals surface area contributed by atoms with Gasteiger partial charge in [-0.15, -0.1) is 0 Å². The van der Waals surface area contributed by atoms with Crippen LogP contribution >= 0.6 is 0 Å². The van der Waals surface area contributed by atoms with Gasteiger partial charge in [-0.05, 0) is 82.4 Å². The Morgan fingerprint density at radius 2 is 2.00 bits per heavy atom. The van der Waals surface area contributed by atoms with E-state index in [1.165, 1.54) is 0 Å². The Kier molecular flexibility index (Phi) is 6.93. The molecule has 0 bridgehead atoms. The maximum Gasteiger partial charge on any atom is 0.295 e. The molecule has 7 heteroatoms. The molecule has 1 saturated heterocycles. The van der Waals surface area contributed by atoms with Crippen LogP contribution in [-0.4, -0.2) is 66.5 Å². The van der Waals surface area contributed by atoms with E-state index in [4.69, 9.17) is 9.47 Å². The lowest BCUT2D eigenvalue weighted by molar-refractivity contribution is -0.139. The largest absolute Gasteiger partial charge is 0.507 e. The molecule has 0 radical (unpaired) electrons. The van der Waals surface area contributed by atoms with Gasteiger partial charge in [0.2, 0.25) is 0 Å². The average molecular weight is 465 g/mol. The molecule has 0 aromatic heterocycles. The minimum Gasteiger partial charge on any atom is -0.507 e. The molecule has 0 spiro atoms. The minimum atomic E-state index is -0.689. The molecule has 4 rings (SSSR count). The summed E-state index contributed by atoms with van der Waals surface area (Å²) in [6.45, 7) is 5.57. The quantitative estimate of drug-likeness (QED) is 0.364. The lowest BCUT2D eigenvalue weighted by Crippen LogP contribution is -2.32. The summed E-state index contributed by atoms with van der Waals surface area (Å²) in [5.41, 5.74) is 2.32. The Morgan fingerprint density at radius 1 is 1.21 bits per heavy atom. The third kappa shape index (κ3) is 4.66. The van der Waals surface area contributed by atoms with Crippen LogP contribution in [0.25, 0.3) is 5.76 Å². The van der Waals surface area contributed by atoms with Crippen LogP contribution in [0.5, 0.6) is 11.5 Å². The zero-order valence-corrected chi connectivity index (χ0v) is 20.2. The minimum absolute atomic E-state index is 0.0657. The van der Waals surface area contributed by atoms with E-state index in [0.717, 1.165) is 29.8 Å². The molecule has 2 aliphatic rings. The van der Waals surface area contributed by atoms with E-state index >= 15 is 0 Å². The van der Waals surface area contributed by atoms with Crippen molar-refractivity contribution in [1.82, 2.24) is 9.80 Å². The molecule has 34 heavy (non-hydrogen) atoms. The lowest BCUT2D eigenvalue weighted by Gasteiger charge is -2.26. The van der Waals surface area contributed by atoms with Gasteiger partial charge in [-0.25, -0.2) is 0 Å². The number of hydrogen-bond donors (Lipinski definition) is 1. The van der Waals surface area contributed by atoms with Crippen LogP contribution < -0.4 is 9.47 Å². The fourth-order valence-corrected chi connectivity index (χ4v) is 4.68. The number of nitrogens with zero attached hydrogens (tertiary/aromatic N) is 2. The Labute approximate surface area is 200 Å². The first-order valence-corrected chi connectivity index (χ1v) is 11.8. The highest BCUT2D eigenvalue weighted by Crippen LogP contribution is 2.41. The molecule has 1 amide bonds. The van der Waals surface area contributed by atoms with Crippen molar-refractivity contribution >= 4 is 17.4 Å². The topological polar surface area (TPSA) is 79.3 Å². The summed E-state index contributed by atoms with van der Waals surface area (Å²) in [5, 5.41) is 11.3. The smallest absolute Gasteiger partial charge is 0.295 e. The number of benzene rings is 2. The van der Waals surface area contributed by atoms with Crippen molar-refractivity contribution in [2.45, 2.75) is 38.8 Å². The van der Waals surface area contributed by atoms with E-state index < -0.39 is 17.7 Å². The van der Waals surface area contributed by atoms with Crippen molar-refractivity contribution in [3.8, 4) is 11.5 Å². The first kappa shape index (κ1) is 23.8. The number of hydrogen-bond acceptors (Lipinski definition) is 6. The fraction of sp³-hybridized carbons (Fsp3) is 0.407. The number of rotatable bonds is 8. The van der Waals surface area contributed by atoms with E-state index in [1.807, 2.05) is 69.2 Å². The van der Waals surface area contributed by atoms with Crippen molar-refractivity contribution in [1.29, 1.82) is 0 Å². The highest BCUT2D eigenvalue weighted by molar-refractivity contribution is 6.46. The van der Waals surface area contributed by atoms with Crippen molar-refractivity contribution < 1.29 is 24.2 Å². The van der Waals surface area contributed by atoms with Crippen molar-refractivity contribution in [2.24, 2.45) is 0 Å². The summed E-state index contributed by atoms with van der Waals surface area (Å²) < 4.78 is 11.4. The van der Waals surface area contributed by atoms with Crippen molar-refractivity contribution in [2.75, 3.05) is 33.8 Å². The molecular weight excluding hydrogens is 432 g/mol. The van der Waals surface area contributed by atoms with Gasteiger partial charge in [0.25, 0.3) is 11.7 Å². The van der Waals surface area contributed by atoms with Crippen LogP contribution in [0, 0.1) is 0 Å². The number of ether oxygens (including phenoxy) is 2. The molecule has 1 fully saturated rings. The zero-order chi connectivity index (χ0) is 24.4. The predicted molar refractivity (Wildman–Crippen MR) is 130 cm³/mol. The van der Waals surface area contributed by atoms with Crippen molar-refractivity contribution in [3.63, 3.8) is 0 Å². The number of likely N-dealkylation sites (tertiary alicyclic amines) is 1. The van der Waals surface area contributed by atoms with E-state index in [1.54, 1.807) is 11.0 Å². The highest BCUT2D eigenvalue weighted by atomic mass is 16.5. The molecule has 7 nitrogen and oxygen atoms in total. The number of fused-ring (bicyclic) bond motifs is 1. The lowest BCUT2D eigenvalue weighted by atomic mass is 9.94. The Hall–Kier alpha value is -3.32. The van der Waals surface area contributed by atoms with Gasteiger partial charge in [-0.2, -0.15) is 0 Å². The highest BCUT2D eigenvalue weighted by Gasteiger charge is 2.46. The van der Waals surface area contributed by atoms with Gasteiger partial charge in [0.05, 0.1) is 18.2 Å². The van der Waals surface area contributed by atoms with Crippen LogP contribution in [-0.2, 0) is 16.0 Å². The van der Waals surface area contributed by atoms with Crippen LogP contribution in [0.2, 0.25) is 0 Å². The third-order valence-electron chi connectivity index (χ3n) is 6.20. The molecule has 2 aliphatic heterocycles. The second-order valence-corrected chi connectivity index (χ2v) is 9.11. The monoisotopic (exact) mass is 464 g/mol. The molecule has 2 aromatic rings. The summed E-state index contributed by atoms with van der Waals surface area (Å²) in [7, 11) is 3.94. The fourth-order valence-electron chi connectivity index (χ4n) is 4.68. The second-order valence-electron chi connectivity index (χ2n) is 9.11. The number of aliphatic hydroxyl groups excluding tert-OH is 1. The third-order valence-corrected chi connectivity index (χ3v) is 6.20. The van der Waals surface area contributed by atoms with Crippen LogP contribution in [0.1, 0.15) is 43.0 Å². The molecule has 1 N–H and O–H groups in total. The second kappa shape index (κ2) is 9.89. The SMILES string of the molecule is CCOc1cccc([C@@H]2C(=C(O)c3ccc4c(c3)C[C@@H](C)O4)C(=O)C(=O)N2CCCN(C)C)c1. The van der Waals surface area contributed by atoms with E-state index in [2.05, 4.69) is 0 Å². The maximum atomic E-state index is 13.2. The summed E-state index contributed by atoms with van der Waals surface area (Å²) in [6.07, 6.45) is 1.50. The first-order valence-electron chi connectivity index (χ1n) is 11.8. The normalized spacial score (nSPS) is 21.1. The Balaban J connectivity index is 1.79. The number of amides is 1. The summed E-state index contributed by atoms with van der Waals surface area (Å²) in [4.78, 5) is 30.0. The van der Waals surface area contributed by atoms with E-state index in [9.17, 15) is 14.7 Å². The molecule has 2 atom stereocenters. The van der Waals surface area contributed by atoms with Gasteiger partial charge in [0.1, 0.15) is 23.4 Å². The zero-order valence-electron chi connectivity index (χ0n) is 20.2. The standard InChI is InChI=1S/C27H32N2O5/c1-5-33-21-9-6-8-18(16-21)24-23(26(31)27(32)29(24)13-7-12-28(3)4)25(30)19-10-11-22-20(15-19)14-17(2)34-22/h6,8-11,15-17,24,30H,5,7,12-14H2,1-4H3/t17-,24-/m1/s1. The molecule has 0 saturated carbocycles. The van der Waals surface area contributed by atoms with Gasteiger partial charge in [0.15, 0.2) is 0 Å². The van der Waals surface area contributed by atoms with E-state index in [0.29, 0.717) is 30.9 Å². The molecule has 180 valence electrons. The number of carbonyl (C=O) groups is 2. The maximum absolute atomic E-state index is 13.2.